The number of carbonyl (C=O) groups excluding carboxylic acids is 2. The van der Waals surface area contributed by atoms with Crippen molar-refractivity contribution in [1.82, 2.24) is 14.9 Å². The maximum Gasteiger partial charge on any atom is 0.416 e. The van der Waals surface area contributed by atoms with Crippen LogP contribution in [-0.4, -0.2) is 38.2 Å². The quantitative estimate of drug-likeness (QED) is 0.373. The van der Waals surface area contributed by atoms with Crippen molar-refractivity contribution in [1.29, 1.82) is 0 Å². The average Bonchev–Trinajstić information content (AvgIpc) is 3.33. The van der Waals surface area contributed by atoms with E-state index in [4.69, 9.17) is 10.8 Å². The molecule has 1 aliphatic heterocycles. The second-order valence-corrected chi connectivity index (χ2v) is 9.27. The number of aryl methyl sites for hydroxylation is 1. The Morgan fingerprint density at radius 3 is 2.51 bits per heavy atom. The number of alkyl halides is 3. The van der Waals surface area contributed by atoms with Gasteiger partial charge in [0.25, 0.3) is 5.91 Å². The maximum atomic E-state index is 12.7. The van der Waals surface area contributed by atoms with Crippen molar-refractivity contribution in [2.75, 3.05) is 6.54 Å². The maximum absolute atomic E-state index is 12.7. The van der Waals surface area contributed by atoms with Gasteiger partial charge in [0.2, 0.25) is 0 Å². The van der Waals surface area contributed by atoms with E-state index < -0.39 is 11.7 Å². The van der Waals surface area contributed by atoms with Gasteiger partial charge in [-0.25, -0.2) is 0 Å². The first kappa shape index (κ1) is 28.0. The minimum absolute atomic E-state index is 0.0735. The molecule has 0 saturated carbocycles. The number of Topliss-reactive ketones (excluding diaryl/α,β-unsaturated/α-hetero) is 1. The van der Waals surface area contributed by atoms with E-state index in [-0.39, 0.29) is 18.3 Å². The fourth-order valence-electron chi connectivity index (χ4n) is 3.89. The molecule has 196 valence electrons. The lowest BCUT2D eigenvalue weighted by Crippen LogP contribution is -2.36. The summed E-state index contributed by atoms with van der Waals surface area (Å²) in [6.07, 6.45) is 2.73. The fraction of sp³-hybridized carbons (Fsp3) is 0.308. The van der Waals surface area contributed by atoms with Crippen LogP contribution in [0.25, 0.3) is 5.57 Å². The zero-order chi connectivity index (χ0) is 27.2. The van der Waals surface area contributed by atoms with Crippen molar-refractivity contribution in [2.24, 2.45) is 5.73 Å². The summed E-state index contributed by atoms with van der Waals surface area (Å²) < 4.78 is 37.0. The van der Waals surface area contributed by atoms with Crippen LogP contribution >= 0.6 is 11.3 Å². The Morgan fingerprint density at radius 1 is 1.22 bits per heavy atom. The Hall–Kier alpha value is -3.57. The number of aromatic nitrogens is 2. The number of halogens is 3. The van der Waals surface area contributed by atoms with E-state index in [1.165, 1.54) is 29.9 Å². The number of nitrogens with zero attached hydrogens (tertiary/aromatic N) is 3. The predicted molar refractivity (Wildman–Crippen MR) is 134 cm³/mol. The molecule has 11 heteroatoms. The van der Waals surface area contributed by atoms with Crippen LogP contribution in [0.15, 0.2) is 48.4 Å². The van der Waals surface area contributed by atoms with Crippen molar-refractivity contribution >= 4 is 28.6 Å². The van der Waals surface area contributed by atoms with Gasteiger partial charge in [0, 0.05) is 41.0 Å². The summed E-state index contributed by atoms with van der Waals surface area (Å²) in [7, 11) is 0. The zero-order valence-electron chi connectivity index (χ0n) is 20.4. The number of fused-ring (bicyclic) bond motifs is 1. The highest BCUT2D eigenvalue weighted by Crippen LogP contribution is 2.31. The van der Waals surface area contributed by atoms with E-state index in [1.807, 2.05) is 5.38 Å². The highest BCUT2D eigenvalue weighted by Gasteiger charge is 2.31. The third-order valence-corrected chi connectivity index (χ3v) is 6.83. The van der Waals surface area contributed by atoms with Gasteiger partial charge in [-0.3, -0.25) is 19.6 Å². The van der Waals surface area contributed by atoms with E-state index in [0.717, 1.165) is 28.1 Å². The summed E-state index contributed by atoms with van der Waals surface area (Å²) >= 11 is 1.52. The lowest BCUT2D eigenvalue weighted by Gasteiger charge is -2.28. The first-order chi connectivity index (χ1) is 17.6. The molecule has 0 unspecified atom stereocenters. The van der Waals surface area contributed by atoms with E-state index in [2.05, 4.69) is 9.97 Å². The minimum atomic E-state index is -4.34. The van der Waals surface area contributed by atoms with Gasteiger partial charge in [-0.15, -0.1) is 11.3 Å². The van der Waals surface area contributed by atoms with Gasteiger partial charge in [-0.1, -0.05) is 13.0 Å². The lowest BCUT2D eigenvalue weighted by atomic mass is 10.0. The van der Waals surface area contributed by atoms with Crippen LogP contribution in [0.2, 0.25) is 0 Å². The van der Waals surface area contributed by atoms with Crippen molar-refractivity contribution in [3.63, 3.8) is 0 Å². The number of nitrogens with two attached hydrogens (primary N) is 1. The molecule has 2 aromatic heterocycles. The molecule has 0 aliphatic carbocycles. The Balaban J connectivity index is 0.000000233. The van der Waals surface area contributed by atoms with Crippen molar-refractivity contribution in [3.05, 3.63) is 86.8 Å². The molecule has 1 aromatic carbocycles. The van der Waals surface area contributed by atoms with Gasteiger partial charge in [0.1, 0.15) is 0 Å². The van der Waals surface area contributed by atoms with E-state index in [1.54, 1.807) is 31.0 Å². The molecule has 7 nitrogen and oxygen atoms in total. The fourth-order valence-corrected chi connectivity index (χ4v) is 5.05. The second-order valence-electron chi connectivity index (χ2n) is 8.30. The van der Waals surface area contributed by atoms with Crippen LogP contribution in [-0.2, 0) is 37.0 Å². The predicted octanol–water partition coefficient (Wildman–Crippen LogP) is 4.39. The molecule has 0 radical (unpaired) electrons. The van der Waals surface area contributed by atoms with Crippen molar-refractivity contribution in [3.8, 4) is 0 Å². The number of amides is 1. The number of ketones is 1. The minimum Gasteiger partial charge on any atom is -0.404 e. The molecule has 3 N–H and O–H groups in total. The highest BCUT2D eigenvalue weighted by atomic mass is 32.1. The standard InChI is InChI=1S/C16H16N4O2S.C10H11F3O/c1-10(21)13-9-23-15-8-20(5-2-11(13)15)16(22)12(6-17)14-7-18-3-4-19-14;1-2-7-3-8(6-14)5-9(4-7)10(11,12)13/h3-4,6-7,9H,2,5,8,17H2,1H3;3-5,14H,2,6H2,1H3/b12-6+;. The molecule has 0 atom stereocenters. The first-order valence-corrected chi connectivity index (χ1v) is 12.4. The van der Waals surface area contributed by atoms with Crippen LogP contribution in [0.4, 0.5) is 13.2 Å². The molecule has 4 rings (SSSR count). The molecule has 0 saturated heterocycles. The number of aliphatic hydroxyl groups excluding tert-OH is 1. The molecule has 1 aliphatic rings. The highest BCUT2D eigenvalue weighted by molar-refractivity contribution is 7.10. The van der Waals surface area contributed by atoms with Gasteiger partial charge in [-0.2, -0.15) is 13.2 Å². The van der Waals surface area contributed by atoms with Gasteiger partial charge in [0.15, 0.2) is 5.78 Å². The second kappa shape index (κ2) is 12.1. The zero-order valence-corrected chi connectivity index (χ0v) is 21.2. The van der Waals surface area contributed by atoms with E-state index >= 15 is 0 Å². The third-order valence-electron chi connectivity index (χ3n) is 5.82. The Kier molecular flexibility index (Phi) is 9.17. The summed E-state index contributed by atoms with van der Waals surface area (Å²) in [5, 5.41) is 10.7. The van der Waals surface area contributed by atoms with Crippen LogP contribution in [0.3, 0.4) is 0 Å². The number of benzene rings is 1. The molecule has 3 aromatic rings. The first-order valence-electron chi connectivity index (χ1n) is 11.5. The normalized spacial score (nSPS) is 13.5. The van der Waals surface area contributed by atoms with Crippen molar-refractivity contribution < 1.29 is 27.9 Å². The number of rotatable bonds is 5. The number of carbonyl (C=O) groups is 2. The number of thiophene rings is 1. The van der Waals surface area contributed by atoms with E-state index in [9.17, 15) is 22.8 Å². The molecule has 37 heavy (non-hydrogen) atoms. The largest absolute Gasteiger partial charge is 0.416 e. The molecule has 1 amide bonds. The Labute approximate surface area is 216 Å². The van der Waals surface area contributed by atoms with E-state index in [0.29, 0.717) is 48.3 Å². The molecular weight excluding hydrogens is 505 g/mol. The smallest absolute Gasteiger partial charge is 0.404 e. The summed E-state index contributed by atoms with van der Waals surface area (Å²) in [6.45, 7) is 4.03. The van der Waals surface area contributed by atoms with Crippen molar-refractivity contribution in [2.45, 2.75) is 46.0 Å². The summed E-state index contributed by atoms with van der Waals surface area (Å²) in [6, 6.07) is 3.66. The molecule has 0 bridgehead atoms. The Bertz CT molecular complexity index is 1270. The van der Waals surface area contributed by atoms with Crippen LogP contribution in [0.1, 0.15) is 57.0 Å². The van der Waals surface area contributed by atoms with Crippen LogP contribution in [0, 0.1) is 0 Å². The Morgan fingerprint density at radius 2 is 1.95 bits per heavy atom. The topological polar surface area (TPSA) is 109 Å². The summed E-state index contributed by atoms with van der Waals surface area (Å²) in [4.78, 5) is 35.3. The van der Waals surface area contributed by atoms with Gasteiger partial charge in [-0.05, 0) is 48.6 Å². The molecule has 3 heterocycles. The van der Waals surface area contributed by atoms with Gasteiger partial charge >= 0.3 is 6.18 Å². The average molecular weight is 533 g/mol. The molecular formula is C26H27F3N4O3S. The monoisotopic (exact) mass is 532 g/mol. The number of hydrogen-bond acceptors (Lipinski definition) is 7. The SMILES string of the molecule is CC(=O)c1csc2c1CCN(C(=O)/C(=C/N)c1cnccn1)C2.CCc1cc(CO)cc(C(F)(F)F)c1. The molecule has 0 spiro atoms. The van der Waals surface area contributed by atoms with Crippen LogP contribution < -0.4 is 5.73 Å². The third kappa shape index (κ3) is 6.80. The number of aliphatic hydroxyl groups is 1. The summed E-state index contributed by atoms with van der Waals surface area (Å²) in [5.74, 6) is -0.0965. The summed E-state index contributed by atoms with van der Waals surface area (Å²) in [5.41, 5.74) is 8.48. The number of hydrogen-bond donors (Lipinski definition) is 2. The van der Waals surface area contributed by atoms with Crippen LogP contribution in [0.5, 0.6) is 0 Å². The molecule has 0 fully saturated rings. The van der Waals surface area contributed by atoms with Gasteiger partial charge < -0.3 is 15.7 Å². The van der Waals surface area contributed by atoms with Gasteiger partial charge in [0.05, 0.1) is 36.2 Å². The lowest BCUT2D eigenvalue weighted by molar-refractivity contribution is -0.137.